The van der Waals surface area contributed by atoms with Crippen LogP contribution < -0.4 is 4.74 Å². The van der Waals surface area contributed by atoms with Crippen molar-refractivity contribution in [1.82, 2.24) is 14.7 Å². The molecule has 0 N–H and O–H groups in total. The third-order valence-electron chi connectivity index (χ3n) is 6.55. The summed E-state index contributed by atoms with van der Waals surface area (Å²) in [7, 11) is 1.67. The summed E-state index contributed by atoms with van der Waals surface area (Å²) in [6.07, 6.45) is 2.01. The van der Waals surface area contributed by atoms with E-state index < -0.39 is 0 Å². The van der Waals surface area contributed by atoms with Crippen LogP contribution in [0.3, 0.4) is 0 Å². The molecule has 0 bridgehead atoms. The van der Waals surface area contributed by atoms with Gasteiger partial charge in [0.25, 0.3) is 0 Å². The summed E-state index contributed by atoms with van der Waals surface area (Å²) in [6, 6.07) is 12.3. The van der Waals surface area contributed by atoms with Crippen molar-refractivity contribution in [1.29, 1.82) is 0 Å². The Labute approximate surface area is 185 Å². The van der Waals surface area contributed by atoms with Gasteiger partial charge in [-0.25, -0.2) is 0 Å². The van der Waals surface area contributed by atoms with E-state index in [9.17, 15) is 4.79 Å². The second-order valence-electron chi connectivity index (χ2n) is 9.05. The van der Waals surface area contributed by atoms with E-state index >= 15 is 0 Å². The monoisotopic (exact) mass is 419 g/mol. The summed E-state index contributed by atoms with van der Waals surface area (Å²) < 4.78 is 7.42. The fourth-order valence-corrected chi connectivity index (χ4v) is 4.81. The van der Waals surface area contributed by atoms with E-state index in [0.717, 1.165) is 60.3 Å². The lowest BCUT2D eigenvalue weighted by Crippen LogP contribution is -2.38. The van der Waals surface area contributed by atoms with Crippen molar-refractivity contribution in [2.24, 2.45) is 5.92 Å². The zero-order chi connectivity index (χ0) is 22.1. The van der Waals surface area contributed by atoms with Gasteiger partial charge in [0.1, 0.15) is 5.75 Å². The Morgan fingerprint density at radius 2 is 1.90 bits per heavy atom. The molecule has 2 aromatic carbocycles. The van der Waals surface area contributed by atoms with E-state index in [0.29, 0.717) is 6.04 Å². The Balaban J connectivity index is 1.49. The predicted molar refractivity (Wildman–Crippen MR) is 125 cm³/mol. The summed E-state index contributed by atoms with van der Waals surface area (Å²) >= 11 is 0. The number of Topliss-reactive ketones (excluding diaryl/α,β-unsaturated/α-hetero) is 1. The first kappa shape index (κ1) is 21.6. The van der Waals surface area contributed by atoms with Crippen LogP contribution in [-0.4, -0.2) is 40.7 Å². The first-order chi connectivity index (χ1) is 14.9. The number of aryl methyl sites for hydroxylation is 1. The molecule has 1 aliphatic heterocycles. The maximum absolute atomic E-state index is 13.3. The number of rotatable bonds is 6. The normalized spacial score (nSPS) is 17.4. The maximum atomic E-state index is 13.3. The molecule has 0 radical (unpaired) electrons. The second kappa shape index (κ2) is 8.83. The van der Waals surface area contributed by atoms with E-state index in [1.807, 2.05) is 36.4 Å². The minimum Gasteiger partial charge on any atom is -0.497 e. The number of benzene rings is 2. The lowest BCUT2D eigenvalue weighted by Gasteiger charge is -2.32. The molecule has 0 saturated carbocycles. The van der Waals surface area contributed by atoms with Gasteiger partial charge in [-0.1, -0.05) is 18.2 Å². The molecule has 4 rings (SSSR count). The number of aromatic nitrogens is 2. The van der Waals surface area contributed by atoms with Gasteiger partial charge in [-0.05, 0) is 76.1 Å². The number of hydrogen-bond acceptors (Lipinski definition) is 4. The SMILES string of the molecule is COc1ccc2cc(C(=O)[C@@H]3CCCN(Cc4c(C)nn(C(C)C)c4C)C3)ccc2c1. The zero-order valence-electron chi connectivity index (χ0n) is 19.3. The van der Waals surface area contributed by atoms with Crippen molar-refractivity contribution in [2.75, 3.05) is 20.2 Å². The number of ether oxygens (including phenoxy) is 1. The Kier molecular flexibility index (Phi) is 6.15. The number of likely N-dealkylation sites (tertiary alicyclic amines) is 1. The molecule has 1 aliphatic rings. The number of carbonyl (C=O) groups excluding carboxylic acids is 1. The first-order valence-corrected chi connectivity index (χ1v) is 11.3. The molecule has 31 heavy (non-hydrogen) atoms. The average Bonchev–Trinajstić information content (AvgIpc) is 3.06. The molecule has 0 amide bonds. The maximum Gasteiger partial charge on any atom is 0.167 e. The molecule has 5 heteroatoms. The molecular weight excluding hydrogens is 386 g/mol. The standard InChI is InChI=1S/C26H33N3O2/c1-17(2)29-19(4)25(18(3)27-29)16-28-12-6-7-23(15-28)26(30)22-9-8-21-14-24(31-5)11-10-20(21)13-22/h8-11,13-14,17,23H,6-7,12,15-16H2,1-5H3/t23-/m1/s1. The fourth-order valence-electron chi connectivity index (χ4n) is 4.81. The molecular formula is C26H33N3O2. The van der Waals surface area contributed by atoms with Gasteiger partial charge in [0.05, 0.1) is 12.8 Å². The van der Waals surface area contributed by atoms with Crippen LogP contribution in [0.25, 0.3) is 10.8 Å². The highest BCUT2D eigenvalue weighted by Crippen LogP contribution is 2.27. The molecule has 0 aliphatic carbocycles. The minimum atomic E-state index is 0.0465. The van der Waals surface area contributed by atoms with Crippen molar-refractivity contribution in [2.45, 2.75) is 53.1 Å². The number of carbonyl (C=O) groups is 1. The molecule has 2 heterocycles. The van der Waals surface area contributed by atoms with Gasteiger partial charge in [-0.15, -0.1) is 0 Å². The number of hydrogen-bond donors (Lipinski definition) is 0. The summed E-state index contributed by atoms with van der Waals surface area (Å²) in [5.74, 6) is 1.14. The van der Waals surface area contributed by atoms with Crippen molar-refractivity contribution < 1.29 is 9.53 Å². The van der Waals surface area contributed by atoms with Crippen LogP contribution in [0, 0.1) is 19.8 Å². The van der Waals surface area contributed by atoms with Crippen molar-refractivity contribution >= 4 is 16.6 Å². The lowest BCUT2D eigenvalue weighted by molar-refractivity contribution is 0.0811. The molecule has 1 aromatic heterocycles. The summed E-state index contributed by atoms with van der Waals surface area (Å²) in [5.41, 5.74) is 4.46. The third kappa shape index (κ3) is 4.38. The van der Waals surface area contributed by atoms with Gasteiger partial charge < -0.3 is 4.74 Å². The number of ketones is 1. The van der Waals surface area contributed by atoms with Gasteiger partial charge in [0.2, 0.25) is 0 Å². The fraction of sp³-hybridized carbons (Fsp3) is 0.462. The molecule has 1 saturated heterocycles. The number of piperidine rings is 1. The van der Waals surface area contributed by atoms with Gasteiger partial charge >= 0.3 is 0 Å². The summed E-state index contributed by atoms with van der Waals surface area (Å²) in [4.78, 5) is 15.8. The molecule has 1 fully saturated rings. The molecule has 0 unspecified atom stereocenters. The topological polar surface area (TPSA) is 47.4 Å². The zero-order valence-corrected chi connectivity index (χ0v) is 19.3. The Bertz CT molecular complexity index is 1100. The van der Waals surface area contributed by atoms with Crippen LogP contribution in [0.5, 0.6) is 5.75 Å². The van der Waals surface area contributed by atoms with E-state index in [-0.39, 0.29) is 11.7 Å². The van der Waals surface area contributed by atoms with Crippen LogP contribution in [-0.2, 0) is 6.54 Å². The first-order valence-electron chi connectivity index (χ1n) is 11.3. The number of methoxy groups -OCH3 is 1. The quantitative estimate of drug-likeness (QED) is 0.506. The van der Waals surface area contributed by atoms with Gasteiger partial charge in [-0.3, -0.25) is 14.4 Å². The van der Waals surface area contributed by atoms with Crippen LogP contribution in [0.4, 0.5) is 0 Å². The van der Waals surface area contributed by atoms with E-state index in [1.54, 1.807) is 7.11 Å². The van der Waals surface area contributed by atoms with Crippen LogP contribution in [0.2, 0.25) is 0 Å². The Morgan fingerprint density at radius 1 is 1.16 bits per heavy atom. The molecule has 1 atom stereocenters. The van der Waals surface area contributed by atoms with Crippen LogP contribution in [0.15, 0.2) is 36.4 Å². The van der Waals surface area contributed by atoms with E-state index in [4.69, 9.17) is 9.84 Å². The highest BCUT2D eigenvalue weighted by Gasteiger charge is 2.28. The smallest absolute Gasteiger partial charge is 0.167 e. The predicted octanol–water partition coefficient (Wildman–Crippen LogP) is 5.34. The Morgan fingerprint density at radius 3 is 2.61 bits per heavy atom. The van der Waals surface area contributed by atoms with E-state index in [1.165, 1.54) is 11.3 Å². The van der Waals surface area contributed by atoms with Crippen LogP contribution in [0.1, 0.15) is 60.0 Å². The molecule has 0 spiro atoms. The minimum absolute atomic E-state index is 0.0465. The lowest BCUT2D eigenvalue weighted by atomic mass is 9.89. The van der Waals surface area contributed by atoms with E-state index in [2.05, 4.69) is 37.3 Å². The van der Waals surface area contributed by atoms with Gasteiger partial charge in [0.15, 0.2) is 5.78 Å². The number of fused-ring (bicyclic) bond motifs is 1. The third-order valence-corrected chi connectivity index (χ3v) is 6.55. The highest BCUT2D eigenvalue weighted by atomic mass is 16.5. The van der Waals surface area contributed by atoms with Crippen molar-refractivity contribution in [3.8, 4) is 5.75 Å². The summed E-state index contributed by atoms with van der Waals surface area (Å²) in [6.45, 7) is 11.3. The van der Waals surface area contributed by atoms with Gasteiger partial charge in [-0.2, -0.15) is 5.10 Å². The molecule has 5 nitrogen and oxygen atoms in total. The van der Waals surface area contributed by atoms with Gasteiger partial charge in [0, 0.05) is 41.9 Å². The van der Waals surface area contributed by atoms with Crippen LogP contribution >= 0.6 is 0 Å². The summed E-state index contributed by atoms with van der Waals surface area (Å²) in [5, 5.41) is 6.90. The highest BCUT2D eigenvalue weighted by molar-refractivity contribution is 6.01. The number of nitrogens with zero attached hydrogens (tertiary/aromatic N) is 3. The van der Waals surface area contributed by atoms with Crippen molar-refractivity contribution in [3.05, 3.63) is 58.9 Å². The molecule has 164 valence electrons. The average molecular weight is 420 g/mol. The van der Waals surface area contributed by atoms with Crippen molar-refractivity contribution in [3.63, 3.8) is 0 Å². The largest absolute Gasteiger partial charge is 0.497 e. The Hall–Kier alpha value is -2.66. The molecule has 3 aromatic rings. The second-order valence-corrected chi connectivity index (χ2v) is 9.05.